The molecule has 0 saturated carbocycles. The maximum atomic E-state index is 14.4. The quantitative estimate of drug-likeness (QED) is 0.263. The van der Waals surface area contributed by atoms with Crippen LogP contribution in [0.4, 0.5) is 14.5 Å². The molecule has 4 rings (SSSR count). The maximum Gasteiger partial charge on any atom is 0.255 e. The number of rotatable bonds is 9. The van der Waals surface area contributed by atoms with Crippen molar-refractivity contribution in [3.05, 3.63) is 100 Å². The summed E-state index contributed by atoms with van der Waals surface area (Å²) >= 11 is 0. The first-order chi connectivity index (χ1) is 18.6. The van der Waals surface area contributed by atoms with Crippen LogP contribution in [0.25, 0.3) is 11.1 Å². The Labute approximate surface area is 224 Å². The van der Waals surface area contributed by atoms with Crippen molar-refractivity contribution >= 4 is 11.6 Å². The molecule has 39 heavy (non-hydrogen) atoms. The molecule has 1 N–H and O–H groups in total. The SMILES string of the molecule is CCOc1cc(=O)n(C)cc1-c1cc(NC(=O)c2ccc(OC(C)C)cc2)ccc1Oc1ccc(F)cc1F. The Hall–Kier alpha value is -4.66. The van der Waals surface area contributed by atoms with Crippen molar-refractivity contribution in [2.45, 2.75) is 26.9 Å². The van der Waals surface area contributed by atoms with Gasteiger partial charge in [0.25, 0.3) is 11.5 Å². The lowest BCUT2D eigenvalue weighted by Crippen LogP contribution is -2.16. The van der Waals surface area contributed by atoms with Crippen molar-refractivity contribution in [3.8, 4) is 34.1 Å². The lowest BCUT2D eigenvalue weighted by molar-refractivity contribution is 0.102. The number of nitrogens with zero attached hydrogens (tertiary/aromatic N) is 1. The first kappa shape index (κ1) is 27.4. The van der Waals surface area contributed by atoms with Gasteiger partial charge in [-0.2, -0.15) is 0 Å². The normalized spacial score (nSPS) is 10.8. The molecule has 0 fully saturated rings. The minimum atomic E-state index is -0.881. The molecule has 0 atom stereocenters. The first-order valence-corrected chi connectivity index (χ1v) is 12.3. The summed E-state index contributed by atoms with van der Waals surface area (Å²) in [6.07, 6.45) is 1.57. The highest BCUT2D eigenvalue weighted by Gasteiger charge is 2.18. The minimum absolute atomic E-state index is 0.00581. The van der Waals surface area contributed by atoms with E-state index >= 15 is 0 Å². The molecule has 0 unspecified atom stereocenters. The van der Waals surface area contributed by atoms with Crippen molar-refractivity contribution in [2.75, 3.05) is 11.9 Å². The molecule has 3 aromatic carbocycles. The molecule has 1 amide bonds. The molecule has 0 aliphatic rings. The van der Waals surface area contributed by atoms with E-state index in [-0.39, 0.29) is 41.4 Å². The Kier molecular flexibility index (Phi) is 8.29. The second kappa shape index (κ2) is 11.8. The topological polar surface area (TPSA) is 78.8 Å². The average Bonchev–Trinajstić information content (AvgIpc) is 2.89. The van der Waals surface area contributed by atoms with Crippen molar-refractivity contribution in [1.82, 2.24) is 4.57 Å². The zero-order chi connectivity index (χ0) is 28.1. The Balaban J connectivity index is 1.74. The third-order valence-corrected chi connectivity index (χ3v) is 5.62. The lowest BCUT2D eigenvalue weighted by atomic mass is 10.0. The van der Waals surface area contributed by atoms with Crippen LogP contribution in [0.5, 0.6) is 23.0 Å². The number of carbonyl (C=O) groups is 1. The molecule has 7 nitrogen and oxygen atoms in total. The molecule has 0 saturated heterocycles. The summed E-state index contributed by atoms with van der Waals surface area (Å²) < 4.78 is 46.4. The third kappa shape index (κ3) is 6.62. The Bertz CT molecular complexity index is 1550. The Morgan fingerprint density at radius 1 is 0.923 bits per heavy atom. The van der Waals surface area contributed by atoms with Crippen LogP contribution >= 0.6 is 0 Å². The van der Waals surface area contributed by atoms with Gasteiger partial charge in [-0.05, 0) is 75.4 Å². The number of carbonyl (C=O) groups excluding carboxylic acids is 1. The first-order valence-electron chi connectivity index (χ1n) is 12.3. The second-order valence-electron chi connectivity index (χ2n) is 8.97. The van der Waals surface area contributed by atoms with E-state index in [1.165, 1.54) is 16.7 Å². The molecular weight excluding hydrogens is 506 g/mol. The molecule has 1 heterocycles. The fourth-order valence-corrected chi connectivity index (χ4v) is 3.83. The van der Waals surface area contributed by atoms with Gasteiger partial charge in [0.05, 0.1) is 12.7 Å². The van der Waals surface area contributed by atoms with Gasteiger partial charge in [-0.3, -0.25) is 9.59 Å². The van der Waals surface area contributed by atoms with Gasteiger partial charge in [-0.25, -0.2) is 8.78 Å². The number of amides is 1. The molecule has 0 aliphatic heterocycles. The van der Waals surface area contributed by atoms with Crippen LogP contribution in [0.15, 0.2) is 77.7 Å². The summed E-state index contributed by atoms with van der Waals surface area (Å²) in [5.74, 6) is -1.03. The smallest absolute Gasteiger partial charge is 0.255 e. The highest BCUT2D eigenvalue weighted by Crippen LogP contribution is 2.40. The van der Waals surface area contributed by atoms with E-state index in [0.29, 0.717) is 28.1 Å². The summed E-state index contributed by atoms with van der Waals surface area (Å²) in [5, 5.41) is 2.85. The number of hydrogen-bond acceptors (Lipinski definition) is 5. The van der Waals surface area contributed by atoms with Crippen LogP contribution in [0.3, 0.4) is 0 Å². The second-order valence-corrected chi connectivity index (χ2v) is 8.97. The van der Waals surface area contributed by atoms with Gasteiger partial charge < -0.3 is 24.1 Å². The Morgan fingerprint density at radius 3 is 2.31 bits per heavy atom. The summed E-state index contributed by atoms with van der Waals surface area (Å²) in [7, 11) is 1.58. The van der Waals surface area contributed by atoms with Gasteiger partial charge in [0.15, 0.2) is 11.6 Å². The number of benzene rings is 3. The fourth-order valence-electron chi connectivity index (χ4n) is 3.83. The summed E-state index contributed by atoms with van der Waals surface area (Å²) in [5.41, 5.74) is 1.43. The molecule has 4 aromatic rings. The van der Waals surface area contributed by atoms with Crippen LogP contribution < -0.4 is 25.1 Å². The van der Waals surface area contributed by atoms with Crippen molar-refractivity contribution in [1.29, 1.82) is 0 Å². The fraction of sp³-hybridized carbons (Fsp3) is 0.200. The van der Waals surface area contributed by atoms with E-state index < -0.39 is 11.6 Å². The summed E-state index contributed by atoms with van der Waals surface area (Å²) in [6.45, 7) is 5.89. The van der Waals surface area contributed by atoms with Gasteiger partial charge in [0, 0.05) is 47.8 Å². The van der Waals surface area contributed by atoms with E-state index in [4.69, 9.17) is 14.2 Å². The highest BCUT2D eigenvalue weighted by molar-refractivity contribution is 6.04. The van der Waals surface area contributed by atoms with Crippen LogP contribution in [0, 0.1) is 11.6 Å². The number of aromatic nitrogens is 1. The predicted molar refractivity (Wildman–Crippen MR) is 145 cm³/mol. The Morgan fingerprint density at radius 2 is 1.64 bits per heavy atom. The number of aryl methyl sites for hydroxylation is 1. The number of anilines is 1. The van der Waals surface area contributed by atoms with Gasteiger partial charge in [0.2, 0.25) is 0 Å². The highest BCUT2D eigenvalue weighted by atomic mass is 19.1. The molecule has 202 valence electrons. The number of nitrogens with one attached hydrogen (secondary N) is 1. The van der Waals surface area contributed by atoms with Gasteiger partial charge in [-0.15, -0.1) is 0 Å². The molecule has 0 radical (unpaired) electrons. The van der Waals surface area contributed by atoms with Gasteiger partial charge >= 0.3 is 0 Å². The minimum Gasteiger partial charge on any atom is -0.493 e. The monoisotopic (exact) mass is 534 g/mol. The van der Waals surface area contributed by atoms with Crippen molar-refractivity contribution in [2.24, 2.45) is 7.05 Å². The molecule has 0 bridgehead atoms. The maximum absolute atomic E-state index is 14.4. The molecular formula is C30H28F2N2O5. The number of pyridine rings is 1. The van der Waals surface area contributed by atoms with E-state index in [2.05, 4.69) is 5.32 Å². The van der Waals surface area contributed by atoms with E-state index in [1.54, 1.807) is 62.6 Å². The van der Waals surface area contributed by atoms with Gasteiger partial charge in [0.1, 0.15) is 23.1 Å². The van der Waals surface area contributed by atoms with Crippen LogP contribution in [-0.2, 0) is 7.05 Å². The van der Waals surface area contributed by atoms with E-state index in [9.17, 15) is 18.4 Å². The van der Waals surface area contributed by atoms with E-state index in [1.807, 2.05) is 13.8 Å². The molecule has 0 spiro atoms. The predicted octanol–water partition coefficient (Wildman–Crippen LogP) is 6.56. The number of halogens is 2. The summed E-state index contributed by atoms with van der Waals surface area (Å²) in [4.78, 5) is 25.3. The molecule has 1 aromatic heterocycles. The van der Waals surface area contributed by atoms with Crippen LogP contribution in [0.1, 0.15) is 31.1 Å². The molecule has 0 aliphatic carbocycles. The van der Waals surface area contributed by atoms with E-state index in [0.717, 1.165) is 12.1 Å². The van der Waals surface area contributed by atoms with Gasteiger partial charge in [-0.1, -0.05) is 0 Å². The number of hydrogen-bond donors (Lipinski definition) is 1. The van der Waals surface area contributed by atoms with Crippen molar-refractivity contribution in [3.63, 3.8) is 0 Å². The average molecular weight is 535 g/mol. The molecule has 9 heteroatoms. The summed E-state index contributed by atoms with van der Waals surface area (Å²) in [6, 6.07) is 15.8. The van der Waals surface area contributed by atoms with Crippen LogP contribution in [0.2, 0.25) is 0 Å². The van der Waals surface area contributed by atoms with Crippen molar-refractivity contribution < 1.29 is 27.8 Å². The number of ether oxygens (including phenoxy) is 3. The zero-order valence-corrected chi connectivity index (χ0v) is 22.0. The standard InChI is InChI=1S/C30H28F2N2O5/c1-5-37-28-16-29(35)34(4)17-24(28)23-15-21(9-13-26(23)39-27-12-8-20(31)14-25(27)32)33-30(36)19-6-10-22(11-7-19)38-18(2)3/h6-18H,5H2,1-4H3,(H,33,36). The third-order valence-electron chi connectivity index (χ3n) is 5.62. The largest absolute Gasteiger partial charge is 0.493 e. The lowest BCUT2D eigenvalue weighted by Gasteiger charge is -2.17. The zero-order valence-electron chi connectivity index (χ0n) is 22.0. The van der Waals surface area contributed by atoms with Crippen LogP contribution in [-0.4, -0.2) is 23.2 Å².